The number of hydrogen-bond acceptors (Lipinski definition) is 3. The molecule has 0 N–H and O–H groups in total. The monoisotopic (exact) mass is 313 g/mol. The van der Waals surface area contributed by atoms with E-state index in [4.69, 9.17) is 23.2 Å². The van der Waals surface area contributed by atoms with Gasteiger partial charge in [0.15, 0.2) is 0 Å². The summed E-state index contributed by atoms with van der Waals surface area (Å²) in [6.45, 7) is 2.86. The number of nitrogens with zero attached hydrogens (tertiary/aromatic N) is 3. The molecular weight excluding hydrogens is 297 g/mol. The molecule has 0 unspecified atom stereocenters. The van der Waals surface area contributed by atoms with Gasteiger partial charge < -0.3 is 0 Å². The number of alkyl halides is 2. The van der Waals surface area contributed by atoms with Crippen LogP contribution in [0, 0.1) is 0 Å². The molecule has 4 nitrogen and oxygen atoms in total. The van der Waals surface area contributed by atoms with Crippen LogP contribution in [0.3, 0.4) is 0 Å². The van der Waals surface area contributed by atoms with Gasteiger partial charge >= 0.3 is 0 Å². The molecule has 0 fully saturated rings. The number of halogens is 2. The molecule has 2 aromatic rings. The van der Waals surface area contributed by atoms with Crippen molar-refractivity contribution in [2.45, 2.75) is 6.54 Å². The van der Waals surface area contributed by atoms with Gasteiger partial charge in [-0.25, -0.2) is 4.98 Å². The second-order valence-electron chi connectivity index (χ2n) is 4.48. The molecule has 2 rings (SSSR count). The number of aromatic nitrogens is 2. The van der Waals surface area contributed by atoms with Crippen LogP contribution in [0.15, 0.2) is 35.4 Å². The van der Waals surface area contributed by atoms with Crippen LogP contribution in [-0.4, -0.2) is 45.8 Å². The van der Waals surface area contributed by atoms with Gasteiger partial charge in [-0.15, -0.1) is 23.2 Å². The minimum Gasteiger partial charge on any atom is -0.299 e. The summed E-state index contributed by atoms with van der Waals surface area (Å²) in [5.41, 5.74) is 0.722. The molecule has 0 saturated heterocycles. The van der Waals surface area contributed by atoms with E-state index in [1.165, 1.54) is 0 Å². The second kappa shape index (κ2) is 7.62. The average Bonchev–Trinajstić information content (AvgIpc) is 2.47. The number of benzene rings is 1. The molecule has 6 heteroatoms. The summed E-state index contributed by atoms with van der Waals surface area (Å²) >= 11 is 11.5. The Morgan fingerprint density at radius 2 is 1.80 bits per heavy atom. The normalized spacial score (nSPS) is 11.3. The third-order valence-corrected chi connectivity index (χ3v) is 3.53. The molecule has 0 aliphatic carbocycles. The molecule has 0 amide bonds. The van der Waals surface area contributed by atoms with E-state index < -0.39 is 0 Å². The van der Waals surface area contributed by atoms with E-state index >= 15 is 0 Å². The van der Waals surface area contributed by atoms with Gasteiger partial charge in [0.2, 0.25) is 0 Å². The van der Waals surface area contributed by atoms with Crippen LogP contribution in [0.5, 0.6) is 0 Å². The summed E-state index contributed by atoms with van der Waals surface area (Å²) in [6, 6.07) is 7.37. The van der Waals surface area contributed by atoms with Crippen LogP contribution >= 0.6 is 23.2 Å². The van der Waals surface area contributed by atoms with Gasteiger partial charge in [0.1, 0.15) is 0 Å². The van der Waals surface area contributed by atoms with Crippen molar-refractivity contribution in [1.82, 2.24) is 14.5 Å². The molecule has 0 bridgehead atoms. The molecule has 0 radical (unpaired) electrons. The topological polar surface area (TPSA) is 38.1 Å². The van der Waals surface area contributed by atoms with Crippen LogP contribution in [0.4, 0.5) is 0 Å². The van der Waals surface area contributed by atoms with E-state index in [2.05, 4.69) is 9.88 Å². The third kappa shape index (κ3) is 3.72. The summed E-state index contributed by atoms with van der Waals surface area (Å²) in [5.74, 6) is 1.11. The van der Waals surface area contributed by atoms with Crippen LogP contribution in [-0.2, 0) is 6.54 Å². The lowest BCUT2D eigenvalue weighted by molar-refractivity contribution is 0.292. The highest BCUT2D eigenvalue weighted by molar-refractivity contribution is 6.18. The van der Waals surface area contributed by atoms with E-state index in [9.17, 15) is 4.79 Å². The van der Waals surface area contributed by atoms with E-state index in [1.54, 1.807) is 17.0 Å². The summed E-state index contributed by atoms with van der Waals surface area (Å²) < 4.78 is 1.64. The summed E-state index contributed by atoms with van der Waals surface area (Å²) in [4.78, 5) is 18.8. The Kier molecular flexibility index (Phi) is 5.83. The van der Waals surface area contributed by atoms with Gasteiger partial charge in [0, 0.05) is 37.9 Å². The maximum atomic E-state index is 12.3. The van der Waals surface area contributed by atoms with Gasteiger partial charge in [-0.05, 0) is 12.1 Å². The molecule has 0 atom stereocenters. The minimum atomic E-state index is -0.00713. The lowest BCUT2D eigenvalue weighted by Crippen LogP contribution is -2.33. The Hall–Kier alpha value is -1.10. The van der Waals surface area contributed by atoms with Crippen molar-refractivity contribution in [3.8, 4) is 0 Å². The van der Waals surface area contributed by atoms with Crippen LogP contribution in [0.1, 0.15) is 0 Å². The van der Waals surface area contributed by atoms with Gasteiger partial charge in [-0.2, -0.15) is 0 Å². The van der Waals surface area contributed by atoms with Crippen molar-refractivity contribution in [2.24, 2.45) is 0 Å². The molecule has 0 aliphatic heterocycles. The molecule has 108 valence electrons. The first kappa shape index (κ1) is 15.3. The van der Waals surface area contributed by atoms with E-state index in [0.717, 1.165) is 25.2 Å². The Labute approximate surface area is 127 Å². The maximum Gasteiger partial charge on any atom is 0.261 e. The van der Waals surface area contributed by atoms with E-state index in [1.807, 2.05) is 18.2 Å². The molecule has 1 aromatic carbocycles. The Morgan fingerprint density at radius 1 is 1.10 bits per heavy atom. The Balaban J connectivity index is 2.13. The highest BCUT2D eigenvalue weighted by Crippen LogP contribution is 2.04. The molecule has 0 spiro atoms. The molecule has 0 saturated carbocycles. The van der Waals surface area contributed by atoms with Crippen molar-refractivity contribution in [2.75, 3.05) is 31.4 Å². The van der Waals surface area contributed by atoms with Crippen molar-refractivity contribution in [3.63, 3.8) is 0 Å². The van der Waals surface area contributed by atoms with Gasteiger partial charge in [-0.3, -0.25) is 14.3 Å². The number of hydrogen-bond donors (Lipinski definition) is 0. The SMILES string of the molecule is O=c1c2ccccc2ncn1CCN(CCCl)CCCl. The van der Waals surface area contributed by atoms with Crippen molar-refractivity contribution in [1.29, 1.82) is 0 Å². The molecule has 1 aromatic heterocycles. The average molecular weight is 314 g/mol. The smallest absolute Gasteiger partial charge is 0.261 e. The summed E-state index contributed by atoms with van der Waals surface area (Å²) in [6.07, 6.45) is 1.60. The first-order chi connectivity index (χ1) is 9.76. The molecule has 0 aliphatic rings. The fraction of sp³-hybridized carbons (Fsp3) is 0.429. The zero-order valence-corrected chi connectivity index (χ0v) is 12.6. The van der Waals surface area contributed by atoms with Gasteiger partial charge in [0.25, 0.3) is 5.56 Å². The molecular formula is C14H17Cl2N3O. The first-order valence-electron chi connectivity index (χ1n) is 6.54. The fourth-order valence-electron chi connectivity index (χ4n) is 2.09. The number of rotatable bonds is 7. The number of para-hydroxylation sites is 1. The van der Waals surface area contributed by atoms with E-state index in [0.29, 0.717) is 23.7 Å². The van der Waals surface area contributed by atoms with Gasteiger partial charge in [-0.1, -0.05) is 12.1 Å². The van der Waals surface area contributed by atoms with Crippen LogP contribution in [0.25, 0.3) is 10.9 Å². The quantitative estimate of drug-likeness (QED) is 0.735. The third-order valence-electron chi connectivity index (χ3n) is 3.19. The minimum absolute atomic E-state index is 0.00713. The largest absolute Gasteiger partial charge is 0.299 e. The van der Waals surface area contributed by atoms with E-state index in [-0.39, 0.29) is 5.56 Å². The lowest BCUT2D eigenvalue weighted by atomic mass is 10.2. The van der Waals surface area contributed by atoms with Gasteiger partial charge in [0.05, 0.1) is 17.2 Å². The molecule has 20 heavy (non-hydrogen) atoms. The number of fused-ring (bicyclic) bond motifs is 1. The first-order valence-corrected chi connectivity index (χ1v) is 7.61. The predicted octanol–water partition coefficient (Wildman–Crippen LogP) is 2.18. The van der Waals surface area contributed by atoms with Crippen molar-refractivity contribution >= 4 is 34.1 Å². The fourth-order valence-corrected chi connectivity index (χ4v) is 2.57. The molecule has 1 heterocycles. The highest BCUT2D eigenvalue weighted by atomic mass is 35.5. The second-order valence-corrected chi connectivity index (χ2v) is 5.24. The summed E-state index contributed by atoms with van der Waals surface area (Å²) in [5, 5.41) is 0.649. The highest BCUT2D eigenvalue weighted by Gasteiger charge is 2.06. The maximum absolute atomic E-state index is 12.3. The summed E-state index contributed by atoms with van der Waals surface area (Å²) in [7, 11) is 0. The Bertz CT molecular complexity index is 609. The van der Waals surface area contributed by atoms with Crippen molar-refractivity contribution < 1.29 is 0 Å². The van der Waals surface area contributed by atoms with Crippen molar-refractivity contribution in [3.05, 3.63) is 40.9 Å². The zero-order valence-electron chi connectivity index (χ0n) is 11.1. The zero-order chi connectivity index (χ0) is 14.4. The Morgan fingerprint density at radius 3 is 2.50 bits per heavy atom. The predicted molar refractivity (Wildman–Crippen MR) is 83.9 cm³/mol. The lowest BCUT2D eigenvalue weighted by Gasteiger charge is -2.20. The van der Waals surface area contributed by atoms with Crippen LogP contribution < -0.4 is 5.56 Å². The standard InChI is InChI=1S/C14H17Cl2N3O/c15-5-7-18(8-6-16)9-10-19-11-17-13-4-2-1-3-12(13)14(19)20/h1-4,11H,5-10H2. The van der Waals surface area contributed by atoms with Crippen LogP contribution in [0.2, 0.25) is 0 Å².